The molecule has 0 bridgehead atoms. The van der Waals surface area contributed by atoms with E-state index < -0.39 is 0 Å². The summed E-state index contributed by atoms with van der Waals surface area (Å²) in [5.41, 5.74) is 1.93. The van der Waals surface area contributed by atoms with Gasteiger partial charge in [0.2, 0.25) is 0 Å². The highest BCUT2D eigenvalue weighted by molar-refractivity contribution is 5.96. The van der Waals surface area contributed by atoms with Gasteiger partial charge in [-0.1, -0.05) is 12.8 Å². The van der Waals surface area contributed by atoms with Gasteiger partial charge in [-0.15, -0.1) is 0 Å². The highest BCUT2D eigenvalue weighted by atomic mass is 16.5. The first-order valence-corrected chi connectivity index (χ1v) is 8.96. The fourth-order valence-electron chi connectivity index (χ4n) is 3.56. The molecule has 1 unspecified atom stereocenters. The van der Waals surface area contributed by atoms with E-state index in [9.17, 15) is 4.79 Å². The number of hydrogen-bond acceptors (Lipinski definition) is 5. The molecule has 1 atom stereocenters. The molecule has 1 aliphatic carbocycles. The number of aromatic nitrogens is 3. The Hall–Kier alpha value is -1.99. The fraction of sp³-hybridized carbons (Fsp3) is 0.611. The number of aromatic amines is 1. The predicted octanol–water partition coefficient (Wildman–Crippen LogP) is 1.82. The van der Waals surface area contributed by atoms with Crippen LogP contribution in [-0.4, -0.2) is 65.7 Å². The lowest BCUT2D eigenvalue weighted by Crippen LogP contribution is -2.39. The number of rotatable bonds is 8. The highest BCUT2D eigenvalue weighted by Crippen LogP contribution is 2.29. The first kappa shape index (κ1) is 17.8. The van der Waals surface area contributed by atoms with Crippen LogP contribution in [0.5, 0.6) is 0 Å². The molecule has 0 spiro atoms. The van der Waals surface area contributed by atoms with Gasteiger partial charge in [0.05, 0.1) is 23.5 Å². The third-order valence-electron chi connectivity index (χ3n) is 5.03. The zero-order valence-electron chi connectivity index (χ0n) is 15.0. The molecule has 0 aliphatic heterocycles. The number of fused-ring (bicyclic) bond motifs is 1. The van der Waals surface area contributed by atoms with E-state index in [0.29, 0.717) is 23.7 Å². The Balaban J connectivity index is 1.44. The van der Waals surface area contributed by atoms with Crippen LogP contribution in [-0.2, 0) is 4.74 Å². The van der Waals surface area contributed by atoms with Gasteiger partial charge >= 0.3 is 0 Å². The van der Waals surface area contributed by atoms with Crippen LogP contribution < -0.4 is 5.32 Å². The average molecular weight is 345 g/mol. The van der Waals surface area contributed by atoms with Crippen LogP contribution >= 0.6 is 0 Å². The number of ether oxygens (including phenoxy) is 1. The molecule has 2 N–H and O–H groups in total. The van der Waals surface area contributed by atoms with E-state index in [0.717, 1.165) is 18.6 Å². The summed E-state index contributed by atoms with van der Waals surface area (Å²) in [6.07, 6.45) is 8.60. The Labute approximate surface area is 148 Å². The van der Waals surface area contributed by atoms with Crippen molar-refractivity contribution in [1.29, 1.82) is 0 Å². The van der Waals surface area contributed by atoms with E-state index in [4.69, 9.17) is 4.74 Å². The van der Waals surface area contributed by atoms with Crippen LogP contribution in [0.4, 0.5) is 0 Å². The number of imidazole rings is 1. The van der Waals surface area contributed by atoms with Gasteiger partial charge in [-0.05, 0) is 31.9 Å². The topological polar surface area (TPSA) is 83.1 Å². The zero-order valence-corrected chi connectivity index (χ0v) is 15.0. The number of amides is 1. The number of nitrogens with one attached hydrogen (secondary N) is 2. The van der Waals surface area contributed by atoms with Gasteiger partial charge in [0.25, 0.3) is 5.91 Å². The molecule has 0 saturated heterocycles. The van der Waals surface area contributed by atoms with Crippen molar-refractivity contribution in [3.63, 3.8) is 0 Å². The van der Waals surface area contributed by atoms with Crippen LogP contribution in [0, 0.1) is 5.92 Å². The molecule has 3 rings (SSSR count). The van der Waals surface area contributed by atoms with Gasteiger partial charge < -0.3 is 19.9 Å². The van der Waals surface area contributed by atoms with E-state index in [-0.39, 0.29) is 12.0 Å². The molecular weight excluding hydrogens is 318 g/mol. The molecule has 2 aromatic heterocycles. The minimum atomic E-state index is -0.114. The molecule has 136 valence electrons. The highest BCUT2D eigenvalue weighted by Gasteiger charge is 2.25. The van der Waals surface area contributed by atoms with Crippen LogP contribution in [0.15, 0.2) is 18.6 Å². The summed E-state index contributed by atoms with van der Waals surface area (Å²) in [4.78, 5) is 25.7. The Morgan fingerprint density at radius 3 is 3.00 bits per heavy atom. The van der Waals surface area contributed by atoms with Gasteiger partial charge in [0.15, 0.2) is 5.65 Å². The van der Waals surface area contributed by atoms with Crippen molar-refractivity contribution in [2.75, 3.05) is 33.8 Å². The van der Waals surface area contributed by atoms with Crippen LogP contribution in [0.25, 0.3) is 11.2 Å². The number of nitrogens with zero attached hydrogens (tertiary/aromatic N) is 3. The monoisotopic (exact) mass is 345 g/mol. The Kier molecular flexibility index (Phi) is 5.99. The Bertz CT molecular complexity index is 696. The molecule has 0 aromatic carbocycles. The van der Waals surface area contributed by atoms with Crippen molar-refractivity contribution >= 4 is 17.1 Å². The number of carbonyl (C=O) groups excluding carboxylic acids is 1. The maximum absolute atomic E-state index is 12.3. The largest absolute Gasteiger partial charge is 0.380 e. The molecule has 25 heavy (non-hydrogen) atoms. The second-order valence-electron chi connectivity index (χ2n) is 6.83. The van der Waals surface area contributed by atoms with E-state index >= 15 is 0 Å². The molecule has 7 heteroatoms. The van der Waals surface area contributed by atoms with E-state index in [2.05, 4.69) is 32.2 Å². The minimum absolute atomic E-state index is 0.114. The second kappa shape index (κ2) is 8.40. The van der Waals surface area contributed by atoms with Crippen LogP contribution in [0.2, 0.25) is 0 Å². The van der Waals surface area contributed by atoms with Crippen molar-refractivity contribution < 1.29 is 9.53 Å². The maximum atomic E-state index is 12.3. The van der Waals surface area contributed by atoms with Gasteiger partial charge in [0.1, 0.15) is 0 Å². The molecular formula is C18H27N5O2. The number of likely N-dealkylation sites (N-methyl/N-ethyl adjacent to an activating group) is 1. The van der Waals surface area contributed by atoms with Crippen LogP contribution in [0.3, 0.4) is 0 Å². The zero-order chi connectivity index (χ0) is 17.6. The van der Waals surface area contributed by atoms with Crippen molar-refractivity contribution in [3.05, 3.63) is 24.2 Å². The lowest BCUT2D eigenvalue weighted by Gasteiger charge is -2.27. The van der Waals surface area contributed by atoms with Gasteiger partial charge in [0, 0.05) is 32.9 Å². The fourth-order valence-corrected chi connectivity index (χ4v) is 3.56. The Morgan fingerprint density at radius 1 is 1.44 bits per heavy atom. The first-order valence-electron chi connectivity index (χ1n) is 8.96. The maximum Gasteiger partial charge on any atom is 0.252 e. The Morgan fingerprint density at radius 2 is 2.24 bits per heavy atom. The molecule has 1 saturated carbocycles. The van der Waals surface area contributed by atoms with Gasteiger partial charge in [-0.25, -0.2) is 9.97 Å². The number of pyridine rings is 1. The number of hydrogen-bond donors (Lipinski definition) is 2. The summed E-state index contributed by atoms with van der Waals surface area (Å²) in [6.45, 7) is 2.29. The minimum Gasteiger partial charge on any atom is -0.380 e. The van der Waals surface area contributed by atoms with Crippen molar-refractivity contribution in [2.45, 2.75) is 31.8 Å². The molecule has 0 radical (unpaired) electrons. The summed E-state index contributed by atoms with van der Waals surface area (Å²) in [7, 11) is 3.88. The lowest BCUT2D eigenvalue weighted by atomic mass is 10.0. The average Bonchev–Trinajstić information content (AvgIpc) is 3.30. The van der Waals surface area contributed by atoms with Crippen LogP contribution in [0.1, 0.15) is 36.0 Å². The van der Waals surface area contributed by atoms with Gasteiger partial charge in [-0.2, -0.15) is 0 Å². The van der Waals surface area contributed by atoms with E-state index in [1.54, 1.807) is 25.7 Å². The van der Waals surface area contributed by atoms with Crippen molar-refractivity contribution in [3.8, 4) is 0 Å². The summed E-state index contributed by atoms with van der Waals surface area (Å²) in [5.74, 6) is 0.561. The number of methoxy groups -OCH3 is 1. The third kappa shape index (κ3) is 4.55. The molecule has 7 nitrogen and oxygen atoms in total. The normalized spacial score (nSPS) is 16.6. The summed E-state index contributed by atoms with van der Waals surface area (Å²) >= 11 is 0. The quantitative estimate of drug-likeness (QED) is 0.762. The standard InChI is InChI=1S/C18H27N5O2/c1-23(11-16(25-2)13-5-3-4-6-13)8-7-19-18(24)14-9-15-17(20-10-14)22-12-21-15/h9-10,12-13,16H,3-8,11H2,1-2H3,(H,19,24)(H,20,21,22). The summed E-state index contributed by atoms with van der Waals surface area (Å²) in [6, 6.07) is 1.77. The van der Waals surface area contributed by atoms with Crippen molar-refractivity contribution in [2.24, 2.45) is 5.92 Å². The first-order chi connectivity index (χ1) is 12.2. The molecule has 1 fully saturated rings. The molecule has 1 amide bonds. The third-order valence-corrected chi connectivity index (χ3v) is 5.03. The lowest BCUT2D eigenvalue weighted by molar-refractivity contribution is 0.0297. The second-order valence-corrected chi connectivity index (χ2v) is 6.83. The molecule has 2 heterocycles. The summed E-state index contributed by atoms with van der Waals surface area (Å²) < 4.78 is 5.69. The predicted molar refractivity (Wildman–Crippen MR) is 96.5 cm³/mol. The number of carbonyl (C=O) groups is 1. The van der Waals surface area contributed by atoms with E-state index in [1.807, 2.05) is 0 Å². The SMILES string of the molecule is COC(CN(C)CCNC(=O)c1cnc2nc[nH]c2c1)C1CCCC1. The van der Waals surface area contributed by atoms with Gasteiger partial charge in [-0.3, -0.25) is 4.79 Å². The molecule has 1 aliphatic rings. The molecule has 2 aromatic rings. The van der Waals surface area contributed by atoms with Crippen molar-refractivity contribution in [1.82, 2.24) is 25.2 Å². The summed E-state index contributed by atoms with van der Waals surface area (Å²) in [5, 5.41) is 2.95. The van der Waals surface area contributed by atoms with E-state index in [1.165, 1.54) is 25.7 Å². The number of H-pyrrole nitrogens is 1. The smallest absolute Gasteiger partial charge is 0.252 e.